The third-order valence-electron chi connectivity index (χ3n) is 3.41. The van der Waals surface area contributed by atoms with Crippen LogP contribution in [0.25, 0.3) is 0 Å². The van der Waals surface area contributed by atoms with Crippen molar-refractivity contribution in [1.82, 2.24) is 4.90 Å². The Bertz CT molecular complexity index is 402. The molecule has 2 rings (SSSR count). The van der Waals surface area contributed by atoms with Gasteiger partial charge in [0.05, 0.1) is 7.11 Å². The molecule has 1 saturated heterocycles. The van der Waals surface area contributed by atoms with E-state index in [1.165, 1.54) is 7.11 Å². The lowest BCUT2D eigenvalue weighted by molar-refractivity contribution is -0.145. The Morgan fingerprint density at radius 3 is 2.65 bits per heavy atom. The summed E-state index contributed by atoms with van der Waals surface area (Å²) in [5.74, 6) is 0.200. The summed E-state index contributed by atoms with van der Waals surface area (Å²) in [7, 11) is 3.35. The summed E-state index contributed by atoms with van der Waals surface area (Å²) in [4.78, 5) is 13.8. The molecule has 1 aliphatic heterocycles. The van der Waals surface area contributed by atoms with Crippen molar-refractivity contribution in [2.24, 2.45) is 0 Å². The van der Waals surface area contributed by atoms with Crippen LogP contribution in [0.3, 0.4) is 0 Å². The molecule has 1 aliphatic rings. The lowest BCUT2D eigenvalue weighted by Crippen LogP contribution is -2.37. The van der Waals surface area contributed by atoms with Gasteiger partial charge in [-0.2, -0.15) is 0 Å². The highest BCUT2D eigenvalue weighted by Gasteiger charge is 2.38. The number of rotatable bonds is 2. The molecule has 0 aromatic heterocycles. The third kappa shape index (κ3) is 2.26. The van der Waals surface area contributed by atoms with Crippen LogP contribution in [0, 0.1) is 0 Å². The molecule has 0 amide bonds. The molecule has 92 valence electrons. The fourth-order valence-electron chi connectivity index (χ4n) is 2.48. The van der Waals surface area contributed by atoms with Crippen molar-refractivity contribution in [3.05, 3.63) is 29.8 Å². The van der Waals surface area contributed by atoms with Gasteiger partial charge in [0.25, 0.3) is 0 Å². The lowest BCUT2D eigenvalue weighted by atomic mass is 9.92. The number of benzene rings is 1. The van der Waals surface area contributed by atoms with Crippen molar-refractivity contribution in [3.8, 4) is 5.75 Å². The van der Waals surface area contributed by atoms with E-state index in [2.05, 4.69) is 0 Å². The van der Waals surface area contributed by atoms with Crippen LogP contribution in [0.1, 0.15) is 17.9 Å². The molecule has 1 heterocycles. The number of esters is 1. The molecule has 0 spiro atoms. The molecule has 4 heteroatoms. The molecule has 0 bridgehead atoms. The number of hydrogen-bond donors (Lipinski definition) is 1. The molecule has 4 nitrogen and oxygen atoms in total. The molecule has 0 saturated carbocycles. The summed E-state index contributed by atoms with van der Waals surface area (Å²) in [6.07, 6.45) is 0.932. The van der Waals surface area contributed by atoms with Crippen molar-refractivity contribution in [2.75, 3.05) is 20.7 Å². The van der Waals surface area contributed by atoms with Gasteiger partial charge in [-0.05, 0) is 37.7 Å². The maximum Gasteiger partial charge on any atom is 0.323 e. The predicted octanol–water partition coefficient (Wildman–Crippen LogP) is 1.35. The van der Waals surface area contributed by atoms with E-state index < -0.39 is 0 Å². The number of likely N-dealkylation sites (tertiary alicyclic amines) is 1. The van der Waals surface area contributed by atoms with Crippen molar-refractivity contribution < 1.29 is 14.6 Å². The van der Waals surface area contributed by atoms with E-state index in [1.807, 2.05) is 24.1 Å². The number of carbonyl (C=O) groups excluding carboxylic acids is 1. The van der Waals surface area contributed by atoms with Gasteiger partial charge in [-0.1, -0.05) is 12.1 Å². The number of phenols is 1. The molecule has 0 radical (unpaired) electrons. The first kappa shape index (κ1) is 11.9. The maximum absolute atomic E-state index is 11.8. The van der Waals surface area contributed by atoms with Gasteiger partial charge in [-0.15, -0.1) is 0 Å². The minimum atomic E-state index is -0.218. The monoisotopic (exact) mass is 235 g/mol. The van der Waals surface area contributed by atoms with Crippen molar-refractivity contribution >= 4 is 5.97 Å². The van der Waals surface area contributed by atoms with E-state index in [1.54, 1.807) is 12.1 Å². The van der Waals surface area contributed by atoms with Gasteiger partial charge in [0, 0.05) is 5.92 Å². The highest BCUT2D eigenvalue weighted by molar-refractivity contribution is 5.77. The molecule has 1 N–H and O–H groups in total. The zero-order valence-corrected chi connectivity index (χ0v) is 10.1. The van der Waals surface area contributed by atoms with Gasteiger partial charge in [-0.3, -0.25) is 9.69 Å². The quantitative estimate of drug-likeness (QED) is 0.786. The van der Waals surface area contributed by atoms with Crippen molar-refractivity contribution in [2.45, 2.75) is 18.4 Å². The van der Waals surface area contributed by atoms with Gasteiger partial charge in [0.1, 0.15) is 11.8 Å². The summed E-state index contributed by atoms with van der Waals surface area (Å²) >= 11 is 0. The smallest absolute Gasteiger partial charge is 0.323 e. The van der Waals surface area contributed by atoms with Crippen molar-refractivity contribution in [1.29, 1.82) is 0 Å². The average Bonchev–Trinajstić information content (AvgIpc) is 2.71. The fourth-order valence-corrected chi connectivity index (χ4v) is 2.48. The minimum absolute atomic E-state index is 0.146. The Labute approximate surface area is 101 Å². The SMILES string of the molecule is COC(=O)C1C(c2ccc(O)cc2)CCN1C. The van der Waals surface area contributed by atoms with Crippen LogP contribution < -0.4 is 0 Å². The standard InChI is InChI=1S/C13H17NO3/c1-14-8-7-11(12(14)13(16)17-2)9-3-5-10(15)6-4-9/h3-6,11-12,15H,7-8H2,1-2H3. The highest BCUT2D eigenvalue weighted by Crippen LogP contribution is 2.33. The minimum Gasteiger partial charge on any atom is -0.508 e. The van der Waals surface area contributed by atoms with E-state index in [-0.39, 0.29) is 23.7 Å². The number of nitrogens with zero attached hydrogens (tertiary/aromatic N) is 1. The number of hydrogen-bond acceptors (Lipinski definition) is 4. The van der Waals surface area contributed by atoms with E-state index in [0.29, 0.717) is 0 Å². The molecule has 2 atom stereocenters. The fraction of sp³-hybridized carbons (Fsp3) is 0.462. The van der Waals surface area contributed by atoms with Gasteiger partial charge in [0.2, 0.25) is 0 Å². The summed E-state index contributed by atoms with van der Waals surface area (Å²) in [6.45, 7) is 0.880. The van der Waals surface area contributed by atoms with Crippen LogP contribution in [-0.4, -0.2) is 42.7 Å². The number of phenolic OH excluding ortho intramolecular Hbond substituents is 1. The largest absolute Gasteiger partial charge is 0.508 e. The molecule has 1 fully saturated rings. The Morgan fingerprint density at radius 1 is 1.41 bits per heavy atom. The first-order chi connectivity index (χ1) is 8.13. The first-order valence-electron chi connectivity index (χ1n) is 5.70. The molecule has 17 heavy (non-hydrogen) atoms. The van der Waals surface area contributed by atoms with Gasteiger partial charge in [0.15, 0.2) is 0 Å². The van der Waals surface area contributed by atoms with Crippen LogP contribution in [0.4, 0.5) is 0 Å². The zero-order valence-electron chi connectivity index (χ0n) is 10.1. The predicted molar refractivity (Wildman–Crippen MR) is 63.9 cm³/mol. The van der Waals surface area contributed by atoms with Crippen LogP contribution >= 0.6 is 0 Å². The van der Waals surface area contributed by atoms with E-state index >= 15 is 0 Å². The molecule has 2 unspecified atom stereocenters. The number of aromatic hydroxyl groups is 1. The number of likely N-dealkylation sites (N-methyl/N-ethyl adjacent to an activating group) is 1. The summed E-state index contributed by atoms with van der Waals surface area (Å²) in [5.41, 5.74) is 1.07. The summed E-state index contributed by atoms with van der Waals surface area (Å²) < 4.78 is 4.85. The van der Waals surface area contributed by atoms with Gasteiger partial charge >= 0.3 is 5.97 Å². The zero-order chi connectivity index (χ0) is 12.4. The number of ether oxygens (including phenoxy) is 1. The van der Waals surface area contributed by atoms with E-state index in [4.69, 9.17) is 4.74 Å². The first-order valence-corrected chi connectivity index (χ1v) is 5.70. The topological polar surface area (TPSA) is 49.8 Å². The van der Waals surface area contributed by atoms with Gasteiger partial charge in [-0.25, -0.2) is 0 Å². The normalized spacial score (nSPS) is 24.8. The molecule has 1 aromatic rings. The Balaban J connectivity index is 2.25. The van der Waals surface area contributed by atoms with Crippen LogP contribution in [-0.2, 0) is 9.53 Å². The summed E-state index contributed by atoms with van der Waals surface area (Å²) in [6, 6.07) is 6.83. The maximum atomic E-state index is 11.8. The second kappa shape index (κ2) is 4.75. The second-order valence-electron chi connectivity index (χ2n) is 4.44. The van der Waals surface area contributed by atoms with Crippen LogP contribution in [0.5, 0.6) is 5.75 Å². The number of methoxy groups -OCH3 is 1. The van der Waals surface area contributed by atoms with Crippen molar-refractivity contribution in [3.63, 3.8) is 0 Å². The Hall–Kier alpha value is -1.55. The highest BCUT2D eigenvalue weighted by atomic mass is 16.5. The lowest BCUT2D eigenvalue weighted by Gasteiger charge is -2.22. The van der Waals surface area contributed by atoms with E-state index in [9.17, 15) is 9.90 Å². The molecular formula is C13H17NO3. The molecule has 0 aliphatic carbocycles. The second-order valence-corrected chi connectivity index (χ2v) is 4.44. The molecular weight excluding hydrogens is 218 g/mol. The molecule has 1 aromatic carbocycles. The van der Waals surface area contributed by atoms with Crippen LogP contribution in [0.15, 0.2) is 24.3 Å². The Morgan fingerprint density at radius 2 is 2.06 bits per heavy atom. The Kier molecular flexibility index (Phi) is 3.33. The van der Waals surface area contributed by atoms with E-state index in [0.717, 1.165) is 18.5 Å². The summed E-state index contributed by atoms with van der Waals surface area (Å²) in [5, 5.41) is 9.27. The van der Waals surface area contributed by atoms with Crippen LogP contribution in [0.2, 0.25) is 0 Å². The number of carbonyl (C=O) groups is 1. The van der Waals surface area contributed by atoms with Gasteiger partial charge < -0.3 is 9.84 Å². The average molecular weight is 235 g/mol. The third-order valence-corrected chi connectivity index (χ3v) is 3.41.